The van der Waals surface area contributed by atoms with Crippen LogP contribution in [0.25, 0.3) is 0 Å². The lowest BCUT2D eigenvalue weighted by Crippen LogP contribution is -2.12. The molecule has 1 aliphatic rings. The molecule has 0 spiro atoms. The maximum atomic E-state index is 11.3. The molecule has 1 fully saturated rings. The van der Waals surface area contributed by atoms with E-state index in [-0.39, 0.29) is 17.5 Å². The van der Waals surface area contributed by atoms with Crippen LogP contribution in [-0.2, 0) is 21.2 Å². The van der Waals surface area contributed by atoms with E-state index in [2.05, 4.69) is 5.10 Å². The molecule has 1 unspecified atom stereocenters. The number of hydrogen-bond acceptors (Lipinski definition) is 4. The monoisotopic (exact) mass is 264 g/mol. The minimum absolute atomic E-state index is 0.126. The minimum atomic E-state index is -2.91. The Morgan fingerprint density at radius 3 is 3.00 bits per heavy atom. The predicted octanol–water partition coefficient (Wildman–Crippen LogP) is 1.04. The normalized spacial score (nSPS) is 23.8. The van der Waals surface area contributed by atoms with Crippen molar-refractivity contribution >= 4 is 21.4 Å². The van der Waals surface area contributed by atoms with Gasteiger partial charge in [0.2, 0.25) is 0 Å². The summed E-state index contributed by atoms with van der Waals surface area (Å²) in [5.74, 6) is 0.342. The average Bonchev–Trinajstić information content (AvgIpc) is 2.70. The van der Waals surface area contributed by atoms with E-state index in [0.29, 0.717) is 18.2 Å². The molecule has 90 valence electrons. The molecule has 1 saturated heterocycles. The first-order valence-corrected chi connectivity index (χ1v) is 7.15. The summed E-state index contributed by atoms with van der Waals surface area (Å²) in [5, 5.41) is 4.71. The lowest BCUT2D eigenvalue weighted by molar-refractivity contribution is 0.180. The molecule has 0 aromatic carbocycles. The number of methoxy groups -OCH3 is 1. The maximum absolute atomic E-state index is 11.3. The molecular weight excluding hydrogens is 252 g/mol. The van der Waals surface area contributed by atoms with Gasteiger partial charge in [0, 0.05) is 13.2 Å². The van der Waals surface area contributed by atoms with Gasteiger partial charge in [-0.25, -0.2) is 13.1 Å². The number of ether oxygens (including phenoxy) is 1. The zero-order valence-electron chi connectivity index (χ0n) is 8.89. The van der Waals surface area contributed by atoms with Gasteiger partial charge >= 0.3 is 0 Å². The average molecular weight is 265 g/mol. The van der Waals surface area contributed by atoms with Gasteiger partial charge < -0.3 is 4.74 Å². The highest BCUT2D eigenvalue weighted by molar-refractivity contribution is 7.91. The Bertz CT molecular complexity index is 483. The Balaban J connectivity index is 2.21. The summed E-state index contributed by atoms with van der Waals surface area (Å²) in [6.45, 7) is 0.381. The molecule has 0 aliphatic carbocycles. The van der Waals surface area contributed by atoms with E-state index in [1.54, 1.807) is 17.9 Å². The van der Waals surface area contributed by atoms with Crippen molar-refractivity contribution in [1.29, 1.82) is 0 Å². The lowest BCUT2D eigenvalue weighted by atomic mass is 10.3. The Morgan fingerprint density at radius 2 is 2.44 bits per heavy atom. The van der Waals surface area contributed by atoms with Gasteiger partial charge in [0.1, 0.15) is 5.15 Å². The number of rotatable bonds is 3. The zero-order chi connectivity index (χ0) is 11.8. The third kappa shape index (κ3) is 2.39. The smallest absolute Gasteiger partial charge is 0.152 e. The van der Waals surface area contributed by atoms with Gasteiger partial charge in [0.15, 0.2) is 9.84 Å². The van der Waals surface area contributed by atoms with Gasteiger partial charge in [-0.15, -0.1) is 0 Å². The van der Waals surface area contributed by atoms with E-state index in [9.17, 15) is 8.42 Å². The number of halogens is 1. The molecule has 0 saturated carbocycles. The Morgan fingerprint density at radius 1 is 1.69 bits per heavy atom. The molecule has 7 heteroatoms. The van der Waals surface area contributed by atoms with Crippen molar-refractivity contribution in [3.8, 4) is 0 Å². The molecular formula is C9H13ClN2O3S. The third-order valence-corrected chi connectivity index (χ3v) is 4.62. The van der Waals surface area contributed by atoms with Crippen molar-refractivity contribution in [3.63, 3.8) is 0 Å². The van der Waals surface area contributed by atoms with Crippen LogP contribution >= 0.6 is 11.6 Å². The topological polar surface area (TPSA) is 61.2 Å². The van der Waals surface area contributed by atoms with Crippen molar-refractivity contribution in [2.45, 2.75) is 19.1 Å². The Kier molecular flexibility index (Phi) is 3.23. The van der Waals surface area contributed by atoms with Crippen molar-refractivity contribution in [2.24, 2.45) is 0 Å². The van der Waals surface area contributed by atoms with E-state index in [1.165, 1.54) is 0 Å². The predicted molar refractivity (Wildman–Crippen MR) is 60.3 cm³/mol. The summed E-state index contributed by atoms with van der Waals surface area (Å²) in [6, 6.07) is 1.57. The molecule has 1 aliphatic heterocycles. The van der Waals surface area contributed by atoms with E-state index in [0.717, 1.165) is 5.69 Å². The molecule has 5 nitrogen and oxygen atoms in total. The second kappa shape index (κ2) is 4.35. The van der Waals surface area contributed by atoms with Gasteiger partial charge in [-0.3, -0.25) is 0 Å². The first-order valence-electron chi connectivity index (χ1n) is 4.95. The van der Waals surface area contributed by atoms with Gasteiger partial charge in [-0.1, -0.05) is 11.6 Å². The summed E-state index contributed by atoms with van der Waals surface area (Å²) in [6.07, 6.45) is 0.580. The molecule has 0 N–H and O–H groups in total. The van der Waals surface area contributed by atoms with E-state index in [4.69, 9.17) is 16.3 Å². The molecule has 0 bridgehead atoms. The highest BCUT2D eigenvalue weighted by atomic mass is 35.5. The van der Waals surface area contributed by atoms with Crippen LogP contribution in [-0.4, -0.2) is 36.8 Å². The summed E-state index contributed by atoms with van der Waals surface area (Å²) >= 11 is 6.00. The van der Waals surface area contributed by atoms with Crippen molar-refractivity contribution in [1.82, 2.24) is 9.78 Å². The molecule has 2 rings (SSSR count). The Hall–Kier alpha value is -0.590. The van der Waals surface area contributed by atoms with E-state index >= 15 is 0 Å². The summed E-state index contributed by atoms with van der Waals surface area (Å²) in [5.41, 5.74) is 0.719. The van der Waals surface area contributed by atoms with Gasteiger partial charge in [0.05, 0.1) is 29.8 Å². The summed E-state index contributed by atoms with van der Waals surface area (Å²) in [4.78, 5) is 0. The van der Waals surface area contributed by atoms with Crippen LogP contribution in [0.15, 0.2) is 6.07 Å². The fourth-order valence-corrected chi connectivity index (χ4v) is 3.86. The van der Waals surface area contributed by atoms with Gasteiger partial charge in [0.25, 0.3) is 0 Å². The number of sulfone groups is 1. The largest absolute Gasteiger partial charge is 0.378 e. The van der Waals surface area contributed by atoms with Crippen molar-refractivity contribution < 1.29 is 13.2 Å². The number of hydrogen-bond donors (Lipinski definition) is 0. The van der Waals surface area contributed by atoms with Crippen LogP contribution in [0.3, 0.4) is 0 Å². The van der Waals surface area contributed by atoms with Crippen molar-refractivity contribution in [2.75, 3.05) is 18.6 Å². The molecule has 16 heavy (non-hydrogen) atoms. The van der Waals surface area contributed by atoms with Gasteiger partial charge in [-0.2, -0.15) is 5.10 Å². The van der Waals surface area contributed by atoms with Gasteiger partial charge in [-0.05, 0) is 6.42 Å². The quantitative estimate of drug-likeness (QED) is 0.819. The van der Waals surface area contributed by atoms with Crippen LogP contribution in [0.2, 0.25) is 5.15 Å². The van der Waals surface area contributed by atoms with Crippen LogP contribution in [0.5, 0.6) is 0 Å². The summed E-state index contributed by atoms with van der Waals surface area (Å²) < 4.78 is 29.2. The fraction of sp³-hybridized carbons (Fsp3) is 0.667. The molecule has 0 amide bonds. The summed E-state index contributed by atoms with van der Waals surface area (Å²) in [7, 11) is -1.34. The molecule has 1 aromatic rings. The van der Waals surface area contributed by atoms with E-state index < -0.39 is 9.84 Å². The van der Waals surface area contributed by atoms with Crippen LogP contribution in [0.4, 0.5) is 0 Å². The first kappa shape index (κ1) is 11.9. The molecule has 1 aromatic heterocycles. The second-order valence-corrected chi connectivity index (χ2v) is 6.51. The highest BCUT2D eigenvalue weighted by Crippen LogP contribution is 2.27. The minimum Gasteiger partial charge on any atom is -0.378 e. The van der Waals surface area contributed by atoms with Crippen LogP contribution in [0, 0.1) is 0 Å². The second-order valence-electron chi connectivity index (χ2n) is 3.89. The number of nitrogens with zero attached hydrogens (tertiary/aromatic N) is 2. The molecule has 0 radical (unpaired) electrons. The SMILES string of the molecule is COCc1cc(Cl)n(C2CCS(=O)(=O)C2)n1. The molecule has 2 heterocycles. The lowest BCUT2D eigenvalue weighted by Gasteiger charge is -2.09. The van der Waals surface area contributed by atoms with Crippen molar-refractivity contribution in [3.05, 3.63) is 16.9 Å². The third-order valence-electron chi connectivity index (χ3n) is 2.59. The fourth-order valence-electron chi connectivity index (χ4n) is 1.86. The highest BCUT2D eigenvalue weighted by Gasteiger charge is 2.30. The standard InChI is InChI=1S/C9H13ClN2O3S/c1-15-5-7-4-9(10)12(11-7)8-2-3-16(13,14)6-8/h4,8H,2-3,5-6H2,1H3. The zero-order valence-corrected chi connectivity index (χ0v) is 10.5. The van der Waals surface area contributed by atoms with Crippen LogP contribution in [0.1, 0.15) is 18.2 Å². The van der Waals surface area contributed by atoms with E-state index in [1.807, 2.05) is 0 Å². The van der Waals surface area contributed by atoms with Crippen LogP contribution < -0.4 is 0 Å². The maximum Gasteiger partial charge on any atom is 0.152 e. The Labute approximate surface area is 99.3 Å². The number of aromatic nitrogens is 2. The first-order chi connectivity index (χ1) is 7.52. The molecule has 1 atom stereocenters.